The van der Waals surface area contributed by atoms with Gasteiger partial charge in [0, 0.05) is 10.6 Å². The minimum absolute atomic E-state index is 0.0721. The van der Waals surface area contributed by atoms with Crippen molar-refractivity contribution >= 4 is 23.0 Å². The van der Waals surface area contributed by atoms with Gasteiger partial charge in [-0.3, -0.25) is 9.36 Å². The molecule has 0 spiro atoms. The van der Waals surface area contributed by atoms with Crippen LogP contribution in [-0.4, -0.2) is 21.4 Å². The molecule has 0 bridgehead atoms. The minimum Gasteiger partial charge on any atom is -0.493 e. The summed E-state index contributed by atoms with van der Waals surface area (Å²) in [4.78, 5) is 12.4. The van der Waals surface area contributed by atoms with Gasteiger partial charge in [-0.15, -0.1) is 5.11 Å². The average molecular weight is 347 g/mol. The zero-order chi connectivity index (χ0) is 17.9. The van der Waals surface area contributed by atoms with Gasteiger partial charge < -0.3 is 10.2 Å². The average Bonchev–Trinajstić information content (AvgIpc) is 2.55. The first kappa shape index (κ1) is 17.7. The van der Waals surface area contributed by atoms with Gasteiger partial charge in [-0.2, -0.15) is 10.4 Å². The number of azo groups is 1. The number of nitrogens with zero attached hydrogens (tertiary/aromatic N) is 4. The van der Waals surface area contributed by atoms with E-state index in [4.69, 9.17) is 16.7 Å². The molecule has 124 valence electrons. The summed E-state index contributed by atoms with van der Waals surface area (Å²) in [7, 11) is 0. The Morgan fingerprint density at radius 3 is 2.62 bits per heavy atom. The van der Waals surface area contributed by atoms with Crippen molar-refractivity contribution in [3.05, 3.63) is 50.3 Å². The van der Waals surface area contributed by atoms with E-state index in [1.807, 2.05) is 6.07 Å². The second-order valence-corrected chi connectivity index (χ2v) is 5.46. The third-order valence-corrected chi connectivity index (χ3v) is 4.00. The maximum absolute atomic E-state index is 12.4. The van der Waals surface area contributed by atoms with E-state index >= 15 is 0 Å². The highest BCUT2D eigenvalue weighted by atomic mass is 35.5. The largest absolute Gasteiger partial charge is 0.493 e. The predicted octanol–water partition coefficient (Wildman–Crippen LogP) is 3.10. The zero-order valence-electron chi connectivity index (χ0n) is 13.1. The van der Waals surface area contributed by atoms with Crippen molar-refractivity contribution < 1.29 is 10.2 Å². The number of pyridine rings is 1. The van der Waals surface area contributed by atoms with Crippen molar-refractivity contribution in [2.24, 2.45) is 10.2 Å². The molecule has 2 aromatic rings. The Labute approximate surface area is 143 Å². The Bertz CT molecular complexity index is 913. The van der Waals surface area contributed by atoms with E-state index in [9.17, 15) is 15.2 Å². The summed E-state index contributed by atoms with van der Waals surface area (Å²) in [6, 6.07) is 6.95. The molecule has 0 amide bonds. The molecule has 1 aromatic carbocycles. The standard InChI is InChI=1S/C16H15ClN4O3/c1-9-11(8-18)15(23)21(6-7-22)16(24)14(9)20-19-13-5-3-4-12(17)10(13)2/h3-5,22-23H,6-7H2,1-2H3. The first-order valence-electron chi connectivity index (χ1n) is 7.06. The highest BCUT2D eigenvalue weighted by Crippen LogP contribution is 2.29. The predicted molar refractivity (Wildman–Crippen MR) is 89.3 cm³/mol. The molecule has 0 fully saturated rings. The van der Waals surface area contributed by atoms with Crippen LogP contribution in [0.4, 0.5) is 11.4 Å². The molecule has 2 N–H and O–H groups in total. The van der Waals surface area contributed by atoms with E-state index in [2.05, 4.69) is 10.2 Å². The Morgan fingerprint density at radius 2 is 2.00 bits per heavy atom. The molecule has 2 rings (SSSR count). The van der Waals surface area contributed by atoms with Crippen LogP contribution in [0, 0.1) is 25.2 Å². The smallest absolute Gasteiger partial charge is 0.281 e. The number of nitriles is 1. The van der Waals surface area contributed by atoms with Gasteiger partial charge in [-0.05, 0) is 31.5 Å². The normalized spacial score (nSPS) is 11.0. The van der Waals surface area contributed by atoms with Gasteiger partial charge in [0.15, 0.2) is 5.69 Å². The fourth-order valence-corrected chi connectivity index (χ4v) is 2.34. The molecule has 8 heteroatoms. The molecule has 0 atom stereocenters. The van der Waals surface area contributed by atoms with E-state index in [0.29, 0.717) is 16.3 Å². The van der Waals surface area contributed by atoms with Crippen LogP contribution < -0.4 is 5.56 Å². The molecule has 0 unspecified atom stereocenters. The fraction of sp³-hybridized carbons (Fsp3) is 0.250. The van der Waals surface area contributed by atoms with Crippen LogP contribution in [0.25, 0.3) is 0 Å². The molecule has 1 heterocycles. The molecule has 0 aliphatic carbocycles. The van der Waals surface area contributed by atoms with Crippen LogP contribution in [0.5, 0.6) is 5.88 Å². The van der Waals surface area contributed by atoms with Crippen LogP contribution in [0.3, 0.4) is 0 Å². The second-order valence-electron chi connectivity index (χ2n) is 5.05. The topological polar surface area (TPSA) is 111 Å². The van der Waals surface area contributed by atoms with Crippen molar-refractivity contribution in [2.75, 3.05) is 6.61 Å². The molecule has 0 saturated carbocycles. The second kappa shape index (κ2) is 7.25. The first-order valence-corrected chi connectivity index (χ1v) is 7.44. The molecule has 0 saturated heterocycles. The van der Waals surface area contributed by atoms with E-state index in [1.165, 1.54) is 6.92 Å². The summed E-state index contributed by atoms with van der Waals surface area (Å²) < 4.78 is 0.894. The van der Waals surface area contributed by atoms with E-state index in [1.54, 1.807) is 25.1 Å². The van der Waals surface area contributed by atoms with E-state index in [-0.39, 0.29) is 30.0 Å². The van der Waals surface area contributed by atoms with Crippen LogP contribution in [0.15, 0.2) is 33.2 Å². The van der Waals surface area contributed by atoms with Crippen molar-refractivity contribution in [1.82, 2.24) is 4.57 Å². The minimum atomic E-state index is -0.638. The first-order chi connectivity index (χ1) is 11.4. The summed E-state index contributed by atoms with van der Waals surface area (Å²) in [6.45, 7) is 2.75. The van der Waals surface area contributed by atoms with Crippen molar-refractivity contribution in [3.63, 3.8) is 0 Å². The van der Waals surface area contributed by atoms with Crippen LogP contribution in [-0.2, 0) is 6.54 Å². The highest BCUT2D eigenvalue weighted by Gasteiger charge is 2.18. The number of aromatic hydroxyl groups is 1. The maximum Gasteiger partial charge on any atom is 0.281 e. The third kappa shape index (κ3) is 3.15. The molecule has 1 aromatic heterocycles. The van der Waals surface area contributed by atoms with Gasteiger partial charge in [-0.25, -0.2) is 0 Å². The third-order valence-electron chi connectivity index (χ3n) is 3.59. The number of benzene rings is 1. The molecule has 0 aliphatic heterocycles. The summed E-state index contributed by atoms with van der Waals surface area (Å²) >= 11 is 6.02. The van der Waals surface area contributed by atoms with Crippen molar-refractivity contribution in [3.8, 4) is 11.9 Å². The zero-order valence-corrected chi connectivity index (χ0v) is 13.9. The molecular formula is C16H15ClN4O3. The van der Waals surface area contributed by atoms with Gasteiger partial charge in [0.1, 0.15) is 11.6 Å². The lowest BCUT2D eigenvalue weighted by atomic mass is 10.1. The number of aliphatic hydroxyl groups is 1. The van der Waals surface area contributed by atoms with Crippen LogP contribution in [0.2, 0.25) is 5.02 Å². The number of halogens is 1. The number of hydrogen-bond acceptors (Lipinski definition) is 6. The fourth-order valence-electron chi connectivity index (χ4n) is 2.17. The van der Waals surface area contributed by atoms with Crippen molar-refractivity contribution in [2.45, 2.75) is 20.4 Å². The SMILES string of the molecule is Cc1c(Cl)cccc1N=Nc1c(C)c(C#N)c(O)n(CCO)c1=O. The Morgan fingerprint density at radius 1 is 1.29 bits per heavy atom. The number of aromatic nitrogens is 1. The van der Waals surface area contributed by atoms with E-state index < -0.39 is 11.4 Å². The number of aliphatic hydroxyl groups excluding tert-OH is 1. The number of hydrogen-bond donors (Lipinski definition) is 2. The lowest BCUT2D eigenvalue weighted by Gasteiger charge is -2.11. The lowest BCUT2D eigenvalue weighted by molar-refractivity contribution is 0.263. The van der Waals surface area contributed by atoms with E-state index in [0.717, 1.165) is 4.57 Å². The molecule has 24 heavy (non-hydrogen) atoms. The monoisotopic (exact) mass is 346 g/mol. The number of rotatable bonds is 4. The Balaban J connectivity index is 2.64. The summed E-state index contributed by atoms with van der Waals surface area (Å²) in [5, 5.41) is 36.8. The lowest BCUT2D eigenvalue weighted by Crippen LogP contribution is -2.23. The van der Waals surface area contributed by atoms with Gasteiger partial charge >= 0.3 is 0 Å². The van der Waals surface area contributed by atoms with Crippen molar-refractivity contribution in [1.29, 1.82) is 5.26 Å². The Hall–Kier alpha value is -2.69. The quantitative estimate of drug-likeness (QED) is 0.828. The van der Waals surface area contributed by atoms with Gasteiger partial charge in [0.25, 0.3) is 5.56 Å². The molecule has 0 radical (unpaired) electrons. The summed E-state index contributed by atoms with van der Waals surface area (Å²) in [5.41, 5.74) is 0.619. The molecule has 7 nitrogen and oxygen atoms in total. The highest BCUT2D eigenvalue weighted by molar-refractivity contribution is 6.31. The van der Waals surface area contributed by atoms with Crippen LogP contribution in [0.1, 0.15) is 16.7 Å². The van der Waals surface area contributed by atoms with Crippen LogP contribution >= 0.6 is 11.6 Å². The Kier molecular flexibility index (Phi) is 5.34. The van der Waals surface area contributed by atoms with Gasteiger partial charge in [0.05, 0.1) is 18.8 Å². The summed E-state index contributed by atoms with van der Waals surface area (Å²) in [5.74, 6) is -0.494. The molecule has 0 aliphatic rings. The summed E-state index contributed by atoms with van der Waals surface area (Å²) in [6.07, 6.45) is 0. The van der Waals surface area contributed by atoms with Gasteiger partial charge in [0.2, 0.25) is 5.88 Å². The molecular weight excluding hydrogens is 332 g/mol. The van der Waals surface area contributed by atoms with Gasteiger partial charge in [-0.1, -0.05) is 17.7 Å². The maximum atomic E-state index is 12.4.